The quantitative estimate of drug-likeness (QED) is 0.719. The molecule has 0 aromatic carbocycles. The lowest BCUT2D eigenvalue weighted by Gasteiger charge is -1.92. The van der Waals surface area contributed by atoms with Crippen molar-refractivity contribution in [2.45, 2.75) is 48.0 Å². The Hall–Kier alpha value is -1.09. The van der Waals surface area contributed by atoms with Crippen molar-refractivity contribution in [3.63, 3.8) is 0 Å². The van der Waals surface area contributed by atoms with E-state index in [2.05, 4.69) is 37.4 Å². The van der Waals surface area contributed by atoms with Crippen LogP contribution < -0.4 is 0 Å². The second kappa shape index (κ2) is 8.99. The monoisotopic (exact) mass is 253 g/mol. The minimum absolute atomic E-state index is 1.19. The first-order chi connectivity index (χ1) is 8.16. The summed E-state index contributed by atoms with van der Waals surface area (Å²) in [6.45, 7) is 12.8. The Balaban J connectivity index is 0.000000306. The van der Waals surface area contributed by atoms with E-state index in [4.69, 9.17) is 0 Å². The van der Waals surface area contributed by atoms with Gasteiger partial charge in [-0.2, -0.15) is 0 Å². The van der Waals surface area contributed by atoms with Crippen molar-refractivity contribution in [3.8, 4) is 0 Å². The summed E-state index contributed by atoms with van der Waals surface area (Å²) in [5.74, 6) is 0. The molecular formula is C14H23NOS. The Morgan fingerprint density at radius 2 is 1.82 bits per heavy atom. The molecule has 17 heavy (non-hydrogen) atoms. The number of thiophene rings is 1. The summed E-state index contributed by atoms with van der Waals surface area (Å²) in [5, 5.41) is 3.35. The second-order valence-electron chi connectivity index (χ2n) is 3.37. The van der Waals surface area contributed by atoms with Gasteiger partial charge < -0.3 is 4.52 Å². The molecule has 0 saturated carbocycles. The number of aryl methyl sites for hydroxylation is 2. The molecule has 0 fully saturated rings. The van der Waals surface area contributed by atoms with Crippen molar-refractivity contribution in [3.05, 3.63) is 39.4 Å². The maximum absolute atomic E-state index is 4.33. The van der Waals surface area contributed by atoms with Gasteiger partial charge in [0.2, 0.25) is 0 Å². The first-order valence-corrected chi connectivity index (χ1v) is 6.88. The number of nitrogens with zero attached hydrogens (tertiary/aromatic N) is 1. The molecule has 2 rings (SSSR count). The molecule has 0 bridgehead atoms. The molecule has 0 N–H and O–H groups in total. The number of hydrogen-bond donors (Lipinski definition) is 0. The van der Waals surface area contributed by atoms with Crippen LogP contribution >= 0.6 is 11.3 Å². The van der Waals surface area contributed by atoms with Gasteiger partial charge in [0, 0.05) is 9.75 Å². The lowest BCUT2D eigenvalue weighted by atomic mass is 10.1. The van der Waals surface area contributed by atoms with Crippen LogP contribution in [0.1, 0.15) is 41.7 Å². The average molecular weight is 253 g/mol. The summed E-state index contributed by atoms with van der Waals surface area (Å²) in [6.07, 6.45) is 4.28. The highest BCUT2D eigenvalue weighted by Crippen LogP contribution is 2.26. The van der Waals surface area contributed by atoms with Crippen LogP contribution in [0.3, 0.4) is 0 Å². The molecule has 0 saturated heterocycles. The molecule has 0 radical (unpaired) electrons. The highest BCUT2D eigenvalue weighted by Gasteiger charge is 2.04. The van der Waals surface area contributed by atoms with E-state index < -0.39 is 0 Å². The van der Waals surface area contributed by atoms with Crippen molar-refractivity contribution >= 4 is 11.3 Å². The van der Waals surface area contributed by atoms with Crippen LogP contribution in [0.2, 0.25) is 0 Å². The predicted octanol–water partition coefficient (Wildman–Crippen LogP) is 4.94. The molecule has 0 aliphatic heterocycles. The molecule has 3 heteroatoms. The minimum Gasteiger partial charge on any atom is -0.365 e. The van der Waals surface area contributed by atoms with Gasteiger partial charge in [-0.25, -0.2) is 0 Å². The molecule has 0 aliphatic carbocycles. The van der Waals surface area contributed by atoms with Crippen LogP contribution in [0.4, 0.5) is 0 Å². The predicted molar refractivity (Wildman–Crippen MR) is 75.8 cm³/mol. The fraction of sp³-hybridized carbons (Fsp3) is 0.500. The van der Waals surface area contributed by atoms with Gasteiger partial charge in [-0.15, -0.1) is 11.3 Å². The molecule has 2 nitrogen and oxygen atoms in total. The third-order valence-electron chi connectivity index (χ3n) is 2.45. The van der Waals surface area contributed by atoms with Crippen molar-refractivity contribution in [2.24, 2.45) is 0 Å². The Bertz CT molecular complexity index is 373. The van der Waals surface area contributed by atoms with Gasteiger partial charge in [0.05, 0.1) is 6.20 Å². The maximum atomic E-state index is 4.33. The third-order valence-corrected chi connectivity index (χ3v) is 3.91. The highest BCUT2D eigenvalue weighted by atomic mass is 32.1. The number of rotatable bonds is 1. The molecule has 0 aliphatic rings. The maximum Gasteiger partial charge on any atom is 0.123 e. The summed E-state index contributed by atoms with van der Waals surface area (Å²) in [7, 11) is 0. The first-order valence-electron chi connectivity index (χ1n) is 6.06. The van der Waals surface area contributed by atoms with Gasteiger partial charge in [-0.05, 0) is 44.4 Å². The van der Waals surface area contributed by atoms with E-state index in [0.717, 1.165) is 0 Å². The van der Waals surface area contributed by atoms with E-state index in [0.29, 0.717) is 0 Å². The lowest BCUT2D eigenvalue weighted by Crippen LogP contribution is -1.78. The van der Waals surface area contributed by atoms with Gasteiger partial charge in [0.25, 0.3) is 0 Å². The van der Waals surface area contributed by atoms with E-state index in [9.17, 15) is 0 Å². The summed E-state index contributed by atoms with van der Waals surface area (Å²) in [6, 6.07) is 1.72. The largest absolute Gasteiger partial charge is 0.365 e. The summed E-state index contributed by atoms with van der Waals surface area (Å²) >= 11 is 1.94. The fourth-order valence-electron chi connectivity index (χ4n) is 1.32. The molecule has 2 aromatic heterocycles. The molecule has 0 spiro atoms. The van der Waals surface area contributed by atoms with E-state index in [-0.39, 0.29) is 0 Å². The second-order valence-corrected chi connectivity index (χ2v) is 4.68. The van der Waals surface area contributed by atoms with Gasteiger partial charge in [0.1, 0.15) is 6.26 Å². The Kier molecular flexibility index (Phi) is 8.42. The zero-order valence-corrected chi connectivity index (χ0v) is 12.5. The zero-order chi connectivity index (χ0) is 13.3. The fourth-order valence-corrected chi connectivity index (χ4v) is 2.45. The van der Waals surface area contributed by atoms with E-state index in [1.165, 1.54) is 28.7 Å². The van der Waals surface area contributed by atoms with Crippen molar-refractivity contribution in [2.75, 3.05) is 0 Å². The highest BCUT2D eigenvalue weighted by molar-refractivity contribution is 7.12. The Morgan fingerprint density at radius 3 is 2.00 bits per heavy atom. The summed E-state index contributed by atoms with van der Waals surface area (Å²) in [5.41, 5.74) is 2.99. The number of aromatic nitrogens is 1. The SMILES string of the molecule is CC.CCc1sc(C)c(C)c1C.c1cnoc1. The van der Waals surface area contributed by atoms with E-state index >= 15 is 0 Å². The van der Waals surface area contributed by atoms with E-state index in [1.807, 2.05) is 25.2 Å². The Labute approximate surface area is 109 Å². The first kappa shape index (κ1) is 15.9. The molecule has 96 valence electrons. The molecular weight excluding hydrogens is 230 g/mol. The van der Waals surface area contributed by atoms with Gasteiger partial charge >= 0.3 is 0 Å². The lowest BCUT2D eigenvalue weighted by molar-refractivity contribution is 0.420. The molecule has 0 unspecified atom stereocenters. The molecule has 2 aromatic rings. The average Bonchev–Trinajstić information content (AvgIpc) is 3.01. The van der Waals surface area contributed by atoms with E-state index in [1.54, 1.807) is 17.1 Å². The van der Waals surface area contributed by atoms with Crippen molar-refractivity contribution in [1.82, 2.24) is 5.16 Å². The standard InChI is InChI=1S/C9H14S.C3H3NO.C2H6/c1-5-9-7(3)6(2)8(4)10-9;1-2-4-5-3-1;1-2/h5H2,1-4H3;1-3H;1-2H3. The van der Waals surface area contributed by atoms with Gasteiger partial charge in [-0.1, -0.05) is 25.9 Å². The van der Waals surface area contributed by atoms with Gasteiger partial charge in [-0.3, -0.25) is 0 Å². The minimum atomic E-state index is 1.19. The summed E-state index contributed by atoms with van der Waals surface area (Å²) < 4.78 is 4.33. The Morgan fingerprint density at radius 1 is 1.18 bits per heavy atom. The number of hydrogen-bond acceptors (Lipinski definition) is 3. The molecule has 0 amide bonds. The van der Waals surface area contributed by atoms with Crippen LogP contribution in [0.25, 0.3) is 0 Å². The van der Waals surface area contributed by atoms with Crippen LogP contribution in [0, 0.1) is 20.8 Å². The van der Waals surface area contributed by atoms with Crippen LogP contribution in [-0.4, -0.2) is 5.16 Å². The van der Waals surface area contributed by atoms with Crippen LogP contribution in [-0.2, 0) is 6.42 Å². The van der Waals surface area contributed by atoms with Crippen LogP contribution in [0.5, 0.6) is 0 Å². The van der Waals surface area contributed by atoms with Crippen LogP contribution in [0.15, 0.2) is 23.0 Å². The normalized spacial score (nSPS) is 8.82. The van der Waals surface area contributed by atoms with Crippen molar-refractivity contribution < 1.29 is 4.52 Å². The van der Waals surface area contributed by atoms with Gasteiger partial charge in [0.15, 0.2) is 0 Å². The zero-order valence-electron chi connectivity index (χ0n) is 11.7. The molecule has 0 atom stereocenters. The topological polar surface area (TPSA) is 26.0 Å². The molecule has 2 heterocycles. The summed E-state index contributed by atoms with van der Waals surface area (Å²) in [4.78, 5) is 3.03. The smallest absolute Gasteiger partial charge is 0.123 e. The van der Waals surface area contributed by atoms with Crippen molar-refractivity contribution in [1.29, 1.82) is 0 Å². The third kappa shape index (κ3) is 5.18.